The summed E-state index contributed by atoms with van der Waals surface area (Å²) in [4.78, 5) is 0. The zero-order chi connectivity index (χ0) is 11.5. The van der Waals surface area contributed by atoms with Crippen molar-refractivity contribution >= 4 is 27.4 Å². The lowest BCUT2D eigenvalue weighted by atomic mass is 10.4. The van der Waals surface area contributed by atoms with Crippen molar-refractivity contribution in [2.24, 2.45) is 0 Å². The van der Waals surface area contributed by atoms with Crippen molar-refractivity contribution in [1.29, 1.82) is 0 Å². The van der Waals surface area contributed by atoms with Gasteiger partial charge in [-0.15, -0.1) is 11.6 Å². The molecule has 0 bridgehead atoms. The molecule has 0 amide bonds. The standard InChI is InChI=1S/C8H14ClN3O2S/c1-7(2)12-8(3-5-10-12)11-15(13,14)6-4-9/h3,5,7,11H,4,6H2,1-2H3. The second-order valence-electron chi connectivity index (χ2n) is 3.36. The molecule has 0 saturated heterocycles. The van der Waals surface area contributed by atoms with Crippen LogP contribution in [-0.2, 0) is 10.0 Å². The van der Waals surface area contributed by atoms with Crippen molar-refractivity contribution in [2.75, 3.05) is 16.4 Å². The molecule has 0 spiro atoms. The van der Waals surface area contributed by atoms with Gasteiger partial charge in [-0.3, -0.25) is 4.72 Å². The summed E-state index contributed by atoms with van der Waals surface area (Å²) < 4.78 is 26.9. The van der Waals surface area contributed by atoms with Gasteiger partial charge in [0, 0.05) is 18.0 Å². The number of rotatable bonds is 5. The average molecular weight is 252 g/mol. The van der Waals surface area contributed by atoms with Crippen molar-refractivity contribution in [1.82, 2.24) is 9.78 Å². The van der Waals surface area contributed by atoms with E-state index in [1.54, 1.807) is 16.9 Å². The Morgan fingerprint density at radius 2 is 2.27 bits per heavy atom. The van der Waals surface area contributed by atoms with Crippen LogP contribution < -0.4 is 4.72 Å². The number of alkyl halides is 1. The van der Waals surface area contributed by atoms with Gasteiger partial charge < -0.3 is 0 Å². The highest BCUT2D eigenvalue weighted by Crippen LogP contribution is 2.14. The maximum atomic E-state index is 11.4. The third kappa shape index (κ3) is 3.39. The van der Waals surface area contributed by atoms with E-state index < -0.39 is 10.0 Å². The molecule has 0 aromatic carbocycles. The first-order valence-corrected chi connectivity index (χ1v) is 6.75. The number of aromatic nitrogens is 2. The first-order chi connectivity index (χ1) is 6.96. The molecule has 0 radical (unpaired) electrons. The predicted molar refractivity (Wildman–Crippen MR) is 60.7 cm³/mol. The van der Waals surface area contributed by atoms with Gasteiger partial charge in [-0.05, 0) is 13.8 Å². The van der Waals surface area contributed by atoms with Crippen LogP contribution in [0, 0.1) is 0 Å². The van der Waals surface area contributed by atoms with Gasteiger partial charge in [0.25, 0.3) is 0 Å². The summed E-state index contributed by atoms with van der Waals surface area (Å²) in [5, 5.41) is 4.02. The van der Waals surface area contributed by atoms with E-state index in [2.05, 4.69) is 9.82 Å². The third-order valence-corrected chi connectivity index (χ3v) is 3.44. The molecular weight excluding hydrogens is 238 g/mol. The second kappa shape index (κ2) is 4.85. The van der Waals surface area contributed by atoms with Gasteiger partial charge in [0.2, 0.25) is 10.0 Å². The monoisotopic (exact) mass is 251 g/mol. The van der Waals surface area contributed by atoms with Crippen LogP contribution in [0.1, 0.15) is 19.9 Å². The third-order valence-electron chi connectivity index (χ3n) is 1.77. The lowest BCUT2D eigenvalue weighted by molar-refractivity contribution is 0.539. The molecule has 5 nitrogen and oxygen atoms in total. The molecule has 0 atom stereocenters. The quantitative estimate of drug-likeness (QED) is 0.806. The summed E-state index contributed by atoms with van der Waals surface area (Å²) >= 11 is 5.39. The minimum absolute atomic E-state index is 0.0746. The number of hydrogen-bond acceptors (Lipinski definition) is 3. The molecule has 0 fully saturated rings. The van der Waals surface area contributed by atoms with Crippen molar-refractivity contribution in [2.45, 2.75) is 19.9 Å². The number of hydrogen-bond donors (Lipinski definition) is 1. The summed E-state index contributed by atoms with van der Waals surface area (Å²) in [7, 11) is -3.35. The maximum absolute atomic E-state index is 11.4. The summed E-state index contributed by atoms with van der Waals surface area (Å²) in [6, 6.07) is 1.72. The van der Waals surface area contributed by atoms with E-state index in [0.29, 0.717) is 5.82 Å². The molecule has 1 heterocycles. The molecule has 0 aliphatic rings. The highest BCUT2D eigenvalue weighted by atomic mass is 35.5. The van der Waals surface area contributed by atoms with Gasteiger partial charge in [0.05, 0.1) is 11.9 Å². The van der Waals surface area contributed by atoms with Gasteiger partial charge >= 0.3 is 0 Å². The molecule has 0 unspecified atom stereocenters. The summed E-state index contributed by atoms with van der Waals surface area (Å²) in [5.41, 5.74) is 0. The Kier molecular flexibility index (Phi) is 3.98. The van der Waals surface area contributed by atoms with Gasteiger partial charge in [0.15, 0.2) is 0 Å². The summed E-state index contributed by atoms with van der Waals surface area (Å²) in [6.45, 7) is 3.85. The lowest BCUT2D eigenvalue weighted by Crippen LogP contribution is -2.20. The normalized spacial score (nSPS) is 12.0. The van der Waals surface area contributed by atoms with Gasteiger partial charge in [-0.25, -0.2) is 13.1 Å². The van der Waals surface area contributed by atoms with Crippen molar-refractivity contribution in [3.8, 4) is 0 Å². The molecule has 1 N–H and O–H groups in total. The minimum Gasteiger partial charge on any atom is -0.268 e. The Morgan fingerprint density at radius 3 is 2.80 bits per heavy atom. The van der Waals surface area contributed by atoms with Gasteiger partial charge in [-0.1, -0.05) is 0 Å². The van der Waals surface area contributed by atoms with Crippen LogP contribution >= 0.6 is 11.6 Å². The fraction of sp³-hybridized carbons (Fsp3) is 0.625. The van der Waals surface area contributed by atoms with Crippen LogP contribution in [0.4, 0.5) is 5.82 Å². The first kappa shape index (κ1) is 12.3. The predicted octanol–water partition coefficient (Wildman–Crippen LogP) is 1.44. The maximum Gasteiger partial charge on any atom is 0.235 e. The molecule has 0 saturated carbocycles. The second-order valence-corrected chi connectivity index (χ2v) is 5.58. The smallest absolute Gasteiger partial charge is 0.235 e. The van der Waals surface area contributed by atoms with Crippen LogP contribution in [-0.4, -0.2) is 29.8 Å². The Bertz CT molecular complexity index is 413. The van der Waals surface area contributed by atoms with E-state index >= 15 is 0 Å². The Labute approximate surface area is 94.5 Å². The van der Waals surface area contributed by atoms with E-state index in [-0.39, 0.29) is 17.7 Å². The Morgan fingerprint density at radius 1 is 1.60 bits per heavy atom. The van der Waals surface area contributed by atoms with Crippen molar-refractivity contribution in [3.05, 3.63) is 12.3 Å². The number of nitrogens with zero attached hydrogens (tertiary/aromatic N) is 2. The van der Waals surface area contributed by atoms with Crippen LogP contribution in [0.5, 0.6) is 0 Å². The van der Waals surface area contributed by atoms with Crippen LogP contribution in [0.3, 0.4) is 0 Å². The topological polar surface area (TPSA) is 64.0 Å². The minimum atomic E-state index is -3.35. The number of anilines is 1. The number of nitrogens with one attached hydrogen (secondary N) is 1. The largest absolute Gasteiger partial charge is 0.268 e. The fourth-order valence-corrected chi connectivity index (χ4v) is 2.51. The van der Waals surface area contributed by atoms with E-state index in [4.69, 9.17) is 11.6 Å². The molecule has 0 aliphatic heterocycles. The molecule has 0 aliphatic carbocycles. The molecule has 1 aromatic rings. The van der Waals surface area contributed by atoms with Crippen molar-refractivity contribution < 1.29 is 8.42 Å². The Hall–Kier alpha value is -0.750. The molecule has 1 rings (SSSR count). The SMILES string of the molecule is CC(C)n1nccc1NS(=O)(=O)CCCl. The highest BCUT2D eigenvalue weighted by Gasteiger charge is 2.13. The lowest BCUT2D eigenvalue weighted by Gasteiger charge is -2.12. The van der Waals surface area contributed by atoms with Crippen LogP contribution in [0.2, 0.25) is 0 Å². The van der Waals surface area contributed by atoms with Gasteiger partial charge in [0.1, 0.15) is 5.82 Å². The number of sulfonamides is 1. The molecule has 7 heteroatoms. The summed E-state index contributed by atoms with van der Waals surface area (Å²) in [5.74, 6) is 0.443. The molecular formula is C8H14ClN3O2S. The summed E-state index contributed by atoms with van der Waals surface area (Å²) in [6.07, 6.45) is 1.55. The molecule has 15 heavy (non-hydrogen) atoms. The van der Waals surface area contributed by atoms with Gasteiger partial charge in [-0.2, -0.15) is 5.10 Å². The zero-order valence-corrected chi connectivity index (χ0v) is 10.2. The number of halogens is 1. The van der Waals surface area contributed by atoms with Crippen LogP contribution in [0.25, 0.3) is 0 Å². The van der Waals surface area contributed by atoms with E-state index in [1.807, 2.05) is 13.8 Å². The van der Waals surface area contributed by atoms with Crippen LogP contribution in [0.15, 0.2) is 12.3 Å². The average Bonchev–Trinajstić information content (AvgIpc) is 2.50. The van der Waals surface area contributed by atoms with E-state index in [9.17, 15) is 8.42 Å². The zero-order valence-electron chi connectivity index (χ0n) is 8.64. The fourth-order valence-electron chi connectivity index (χ4n) is 1.12. The van der Waals surface area contributed by atoms with Crippen molar-refractivity contribution in [3.63, 3.8) is 0 Å². The highest BCUT2D eigenvalue weighted by molar-refractivity contribution is 7.92. The van der Waals surface area contributed by atoms with E-state index in [0.717, 1.165) is 0 Å². The first-order valence-electron chi connectivity index (χ1n) is 4.56. The molecule has 86 valence electrons. The van der Waals surface area contributed by atoms with E-state index in [1.165, 1.54) is 0 Å². The Balaban J connectivity index is 2.85. The molecule has 1 aromatic heterocycles.